The zero-order valence-corrected chi connectivity index (χ0v) is 18.7. The fourth-order valence-electron chi connectivity index (χ4n) is 4.14. The van der Waals surface area contributed by atoms with E-state index >= 15 is 0 Å². The van der Waals surface area contributed by atoms with E-state index in [9.17, 15) is 19.3 Å². The number of amides is 1. The van der Waals surface area contributed by atoms with Gasteiger partial charge >= 0.3 is 0 Å². The molecule has 0 unspecified atom stereocenters. The van der Waals surface area contributed by atoms with Crippen molar-refractivity contribution in [2.75, 3.05) is 36.5 Å². The molecule has 1 saturated heterocycles. The Morgan fingerprint density at radius 3 is 2.71 bits per heavy atom. The van der Waals surface area contributed by atoms with Gasteiger partial charge in [-0.1, -0.05) is 18.2 Å². The van der Waals surface area contributed by atoms with Gasteiger partial charge in [-0.25, -0.2) is 9.37 Å². The molecule has 1 fully saturated rings. The number of aromatic amines is 1. The molecule has 3 aromatic carbocycles. The van der Waals surface area contributed by atoms with Crippen LogP contribution in [-0.2, 0) is 11.2 Å². The molecule has 35 heavy (non-hydrogen) atoms. The van der Waals surface area contributed by atoms with Crippen LogP contribution in [0.5, 0.6) is 0 Å². The van der Waals surface area contributed by atoms with Crippen molar-refractivity contribution in [3.8, 4) is 0 Å². The van der Waals surface area contributed by atoms with Crippen LogP contribution >= 0.6 is 0 Å². The monoisotopic (exact) mass is 475 g/mol. The quantitative estimate of drug-likeness (QED) is 0.318. The molecule has 0 aliphatic carbocycles. The third-order valence-corrected chi connectivity index (χ3v) is 5.89. The minimum atomic E-state index is -0.520. The number of nitro groups is 1. The summed E-state index contributed by atoms with van der Waals surface area (Å²) in [6.45, 7) is 2.21. The number of carbonyl (C=O) groups is 1. The van der Waals surface area contributed by atoms with Crippen LogP contribution in [-0.4, -0.2) is 47.1 Å². The lowest BCUT2D eigenvalue weighted by Crippen LogP contribution is -2.37. The zero-order valence-electron chi connectivity index (χ0n) is 18.7. The van der Waals surface area contributed by atoms with Crippen molar-refractivity contribution in [3.63, 3.8) is 0 Å². The van der Waals surface area contributed by atoms with Gasteiger partial charge in [0.2, 0.25) is 0 Å². The maximum Gasteiger partial charge on any atom is 0.270 e. The number of halogens is 1. The molecule has 0 saturated carbocycles. The third kappa shape index (κ3) is 4.82. The number of hydrogen-bond donors (Lipinski definition) is 2. The van der Waals surface area contributed by atoms with Crippen molar-refractivity contribution in [1.29, 1.82) is 0 Å². The highest BCUT2D eigenvalue weighted by atomic mass is 19.1. The summed E-state index contributed by atoms with van der Waals surface area (Å²) in [4.78, 5) is 33.7. The second kappa shape index (κ2) is 9.51. The van der Waals surface area contributed by atoms with E-state index in [1.807, 2.05) is 4.90 Å². The summed E-state index contributed by atoms with van der Waals surface area (Å²) in [6, 6.07) is 16.0. The van der Waals surface area contributed by atoms with Gasteiger partial charge in [0.05, 0.1) is 40.4 Å². The van der Waals surface area contributed by atoms with Crippen LogP contribution in [0.25, 0.3) is 11.0 Å². The van der Waals surface area contributed by atoms with Gasteiger partial charge < -0.3 is 19.9 Å². The highest BCUT2D eigenvalue weighted by Gasteiger charge is 2.22. The van der Waals surface area contributed by atoms with E-state index in [4.69, 9.17) is 4.74 Å². The maximum absolute atomic E-state index is 14.0. The highest BCUT2D eigenvalue weighted by molar-refractivity contribution is 6.09. The van der Waals surface area contributed by atoms with E-state index in [2.05, 4.69) is 15.3 Å². The first-order valence-corrected chi connectivity index (χ1v) is 11.1. The molecule has 1 amide bonds. The number of aromatic nitrogens is 2. The number of anilines is 2. The van der Waals surface area contributed by atoms with Crippen LogP contribution in [0, 0.1) is 15.9 Å². The number of rotatable bonds is 6. The van der Waals surface area contributed by atoms with E-state index in [0.717, 1.165) is 0 Å². The van der Waals surface area contributed by atoms with Gasteiger partial charge in [-0.2, -0.15) is 0 Å². The Hall–Kier alpha value is -4.31. The van der Waals surface area contributed by atoms with Crippen molar-refractivity contribution in [2.24, 2.45) is 0 Å². The topological polar surface area (TPSA) is 113 Å². The maximum atomic E-state index is 14.0. The largest absolute Gasteiger partial charge is 0.378 e. The number of ether oxygens (including phenoxy) is 1. The molecular formula is C25H22FN5O4. The predicted octanol–water partition coefficient (Wildman–Crippen LogP) is 4.29. The van der Waals surface area contributed by atoms with Crippen LogP contribution in [0.2, 0.25) is 0 Å². The number of nitrogens with zero attached hydrogens (tertiary/aromatic N) is 3. The fourth-order valence-corrected chi connectivity index (χ4v) is 4.14. The van der Waals surface area contributed by atoms with Crippen LogP contribution < -0.4 is 10.2 Å². The van der Waals surface area contributed by atoms with Crippen molar-refractivity contribution in [2.45, 2.75) is 6.42 Å². The minimum Gasteiger partial charge on any atom is -0.378 e. The second-order valence-corrected chi connectivity index (χ2v) is 8.20. The number of carbonyl (C=O) groups excluding carboxylic acids is 1. The molecule has 0 atom stereocenters. The lowest BCUT2D eigenvalue weighted by atomic mass is 10.1. The molecule has 0 radical (unpaired) electrons. The van der Waals surface area contributed by atoms with Crippen molar-refractivity contribution < 1.29 is 18.8 Å². The second-order valence-electron chi connectivity index (χ2n) is 8.20. The Morgan fingerprint density at radius 2 is 1.94 bits per heavy atom. The number of hydrogen-bond acceptors (Lipinski definition) is 6. The van der Waals surface area contributed by atoms with Crippen LogP contribution in [0.1, 0.15) is 21.7 Å². The predicted molar refractivity (Wildman–Crippen MR) is 129 cm³/mol. The summed E-state index contributed by atoms with van der Waals surface area (Å²) in [5.41, 5.74) is 3.07. The third-order valence-electron chi connectivity index (χ3n) is 5.89. The van der Waals surface area contributed by atoms with Gasteiger partial charge in [0.1, 0.15) is 11.6 Å². The van der Waals surface area contributed by atoms with E-state index in [1.54, 1.807) is 42.5 Å². The zero-order chi connectivity index (χ0) is 24.4. The molecule has 2 N–H and O–H groups in total. The Bertz CT molecular complexity index is 1410. The summed E-state index contributed by atoms with van der Waals surface area (Å²) in [7, 11) is 0. The van der Waals surface area contributed by atoms with Crippen LogP contribution in [0.15, 0.2) is 60.7 Å². The summed E-state index contributed by atoms with van der Waals surface area (Å²) in [6.07, 6.45) is 0.305. The summed E-state index contributed by atoms with van der Waals surface area (Å²) in [5.74, 6) is -0.156. The van der Waals surface area contributed by atoms with Crippen LogP contribution in [0.4, 0.5) is 21.5 Å². The van der Waals surface area contributed by atoms with E-state index in [1.165, 1.54) is 18.2 Å². The first-order chi connectivity index (χ1) is 17.0. The first-order valence-electron chi connectivity index (χ1n) is 11.1. The molecular weight excluding hydrogens is 453 g/mol. The number of non-ortho nitro benzene ring substituents is 1. The number of nitrogens with one attached hydrogen (secondary N) is 2. The van der Waals surface area contributed by atoms with Gasteiger partial charge in [-0.15, -0.1) is 0 Å². The molecule has 10 heteroatoms. The van der Waals surface area contributed by atoms with E-state index in [0.29, 0.717) is 66.5 Å². The molecule has 1 aliphatic heterocycles. The fraction of sp³-hybridized carbons (Fsp3) is 0.200. The molecule has 4 aromatic rings. The van der Waals surface area contributed by atoms with Crippen LogP contribution in [0.3, 0.4) is 0 Å². The molecule has 1 aliphatic rings. The number of imidazole rings is 1. The van der Waals surface area contributed by atoms with Crippen molar-refractivity contribution in [1.82, 2.24) is 9.97 Å². The van der Waals surface area contributed by atoms with E-state index < -0.39 is 10.8 Å². The molecule has 2 heterocycles. The Morgan fingerprint density at radius 1 is 1.14 bits per heavy atom. The van der Waals surface area contributed by atoms with Gasteiger partial charge in [-0.05, 0) is 35.9 Å². The summed E-state index contributed by atoms with van der Waals surface area (Å²) in [5, 5.41) is 14.2. The van der Waals surface area contributed by atoms with Gasteiger partial charge in [-0.3, -0.25) is 14.9 Å². The Labute approximate surface area is 199 Å². The smallest absolute Gasteiger partial charge is 0.270 e. The number of nitro benzene ring substituents is 1. The van der Waals surface area contributed by atoms with Gasteiger partial charge in [0.15, 0.2) is 0 Å². The number of benzene rings is 3. The van der Waals surface area contributed by atoms with Gasteiger partial charge in [0, 0.05) is 37.3 Å². The summed E-state index contributed by atoms with van der Waals surface area (Å²) < 4.78 is 19.4. The lowest BCUT2D eigenvalue weighted by molar-refractivity contribution is -0.384. The van der Waals surface area contributed by atoms with Crippen molar-refractivity contribution >= 4 is 34.0 Å². The number of morpholine rings is 1. The normalized spacial score (nSPS) is 13.7. The SMILES string of the molecule is O=C(Nc1ccc2nc(Cc3ccccc3F)[nH]c2c1)c1cc([N+](=O)[O-])ccc1N1CCOCC1. The average molecular weight is 475 g/mol. The molecule has 9 nitrogen and oxygen atoms in total. The number of H-pyrrole nitrogens is 1. The lowest BCUT2D eigenvalue weighted by Gasteiger charge is -2.30. The van der Waals surface area contributed by atoms with E-state index in [-0.39, 0.29) is 17.1 Å². The first kappa shape index (κ1) is 22.5. The van der Waals surface area contributed by atoms with Crippen molar-refractivity contribution in [3.05, 3.63) is 93.5 Å². The highest BCUT2D eigenvalue weighted by Crippen LogP contribution is 2.28. The van der Waals surface area contributed by atoms with Gasteiger partial charge in [0.25, 0.3) is 11.6 Å². The molecule has 178 valence electrons. The standard InChI is InChI=1S/C25H22FN5O4/c26-20-4-2-1-3-16(20)13-24-28-21-7-5-17(14-22(21)29-24)27-25(32)19-15-18(31(33)34)6-8-23(19)30-9-11-35-12-10-30/h1-8,14-15H,9-13H2,(H,27,32)(H,28,29). The Kier molecular flexibility index (Phi) is 6.11. The summed E-state index contributed by atoms with van der Waals surface area (Å²) >= 11 is 0. The minimum absolute atomic E-state index is 0.158. The molecule has 1 aromatic heterocycles. The molecule has 0 spiro atoms. The molecule has 0 bridgehead atoms. The molecule has 5 rings (SSSR count). The Balaban J connectivity index is 1.40. The average Bonchev–Trinajstić information content (AvgIpc) is 3.27. The number of fused-ring (bicyclic) bond motifs is 1.